The van der Waals surface area contributed by atoms with Crippen LogP contribution in [-0.2, 0) is 0 Å². The minimum absolute atomic E-state index is 0.0292. The van der Waals surface area contributed by atoms with Gasteiger partial charge in [0.25, 0.3) is 0 Å². The summed E-state index contributed by atoms with van der Waals surface area (Å²) in [6, 6.07) is 6.74. The van der Waals surface area contributed by atoms with Gasteiger partial charge in [-0.25, -0.2) is 9.37 Å². The maximum absolute atomic E-state index is 13.9. The predicted molar refractivity (Wildman–Crippen MR) is 82.7 cm³/mol. The van der Waals surface area contributed by atoms with Crippen molar-refractivity contribution in [1.82, 2.24) is 4.98 Å². The minimum atomic E-state index is -0.187. The Hall–Kier alpha value is -1.46. The van der Waals surface area contributed by atoms with Gasteiger partial charge in [-0.2, -0.15) is 0 Å². The Kier molecular flexibility index (Phi) is 4.40. The van der Waals surface area contributed by atoms with E-state index in [9.17, 15) is 4.39 Å². The van der Waals surface area contributed by atoms with Crippen LogP contribution in [0.4, 0.5) is 9.52 Å². The molecule has 0 saturated carbocycles. The fourth-order valence-electron chi connectivity index (χ4n) is 2.16. The molecule has 2 N–H and O–H groups in total. The van der Waals surface area contributed by atoms with E-state index in [2.05, 4.69) is 4.98 Å². The lowest BCUT2D eigenvalue weighted by molar-refractivity contribution is 0.585. The highest BCUT2D eigenvalue weighted by Crippen LogP contribution is 2.33. The van der Waals surface area contributed by atoms with Gasteiger partial charge < -0.3 is 10.6 Å². The van der Waals surface area contributed by atoms with E-state index < -0.39 is 0 Å². The van der Waals surface area contributed by atoms with Crippen molar-refractivity contribution in [2.45, 2.75) is 32.9 Å². The molecule has 2 aromatic rings. The molecule has 1 aromatic heterocycles. The van der Waals surface area contributed by atoms with Crippen LogP contribution in [0.2, 0.25) is 0 Å². The maximum atomic E-state index is 13.9. The average molecular weight is 293 g/mol. The predicted octanol–water partition coefficient (Wildman–Crippen LogP) is 3.81. The van der Waals surface area contributed by atoms with Gasteiger partial charge in [0.05, 0.1) is 11.7 Å². The van der Waals surface area contributed by atoms with E-state index in [1.165, 1.54) is 6.07 Å². The second kappa shape index (κ2) is 5.89. The first-order valence-corrected chi connectivity index (χ1v) is 7.43. The van der Waals surface area contributed by atoms with E-state index >= 15 is 0 Å². The Morgan fingerprint density at radius 1 is 1.30 bits per heavy atom. The van der Waals surface area contributed by atoms with Gasteiger partial charge in [-0.1, -0.05) is 18.2 Å². The maximum Gasteiger partial charge on any atom is 0.186 e. The summed E-state index contributed by atoms with van der Waals surface area (Å²) in [5.74, 6) is -0.187. The van der Waals surface area contributed by atoms with Gasteiger partial charge in [0, 0.05) is 23.5 Å². The molecule has 0 saturated heterocycles. The Balaban J connectivity index is 2.29. The van der Waals surface area contributed by atoms with Crippen LogP contribution < -0.4 is 10.6 Å². The van der Waals surface area contributed by atoms with E-state index in [-0.39, 0.29) is 17.9 Å². The van der Waals surface area contributed by atoms with Crippen molar-refractivity contribution in [2.75, 3.05) is 11.9 Å². The number of benzene rings is 1. The molecule has 1 aromatic carbocycles. The molecule has 1 heterocycles. The first-order chi connectivity index (χ1) is 9.41. The van der Waals surface area contributed by atoms with Crippen molar-refractivity contribution >= 4 is 16.5 Å². The van der Waals surface area contributed by atoms with Crippen molar-refractivity contribution in [1.29, 1.82) is 0 Å². The van der Waals surface area contributed by atoms with Gasteiger partial charge in [-0.15, -0.1) is 11.3 Å². The summed E-state index contributed by atoms with van der Waals surface area (Å²) in [5, 5.41) is 0.866. The lowest BCUT2D eigenvalue weighted by Gasteiger charge is -2.25. The molecule has 2 rings (SSSR count). The normalized spacial score (nSPS) is 14.1. The number of rotatable bonds is 4. The molecule has 0 aliphatic rings. The van der Waals surface area contributed by atoms with Crippen LogP contribution in [0, 0.1) is 12.7 Å². The van der Waals surface area contributed by atoms with Crippen molar-refractivity contribution in [3.05, 3.63) is 46.2 Å². The zero-order chi connectivity index (χ0) is 14.9. The molecular formula is C15H20FN3S. The van der Waals surface area contributed by atoms with Crippen molar-refractivity contribution in [3.8, 4) is 0 Å². The third kappa shape index (κ3) is 2.83. The molecule has 0 aliphatic heterocycles. The van der Waals surface area contributed by atoms with E-state index in [0.29, 0.717) is 5.56 Å². The van der Waals surface area contributed by atoms with Crippen LogP contribution in [0.15, 0.2) is 24.3 Å². The first-order valence-electron chi connectivity index (χ1n) is 6.62. The molecule has 5 heteroatoms. The molecule has 2 atom stereocenters. The molecule has 3 nitrogen and oxygen atoms in total. The van der Waals surface area contributed by atoms with Crippen molar-refractivity contribution in [3.63, 3.8) is 0 Å². The van der Waals surface area contributed by atoms with Gasteiger partial charge in [-0.3, -0.25) is 0 Å². The summed E-state index contributed by atoms with van der Waals surface area (Å²) < 4.78 is 13.9. The lowest BCUT2D eigenvalue weighted by Crippen LogP contribution is -2.22. The van der Waals surface area contributed by atoms with Gasteiger partial charge in [0.2, 0.25) is 0 Å². The van der Waals surface area contributed by atoms with E-state index in [4.69, 9.17) is 5.73 Å². The zero-order valence-corrected chi connectivity index (χ0v) is 13.0. The molecule has 20 heavy (non-hydrogen) atoms. The van der Waals surface area contributed by atoms with Crippen LogP contribution in [0.1, 0.15) is 42.1 Å². The molecule has 0 amide bonds. The van der Waals surface area contributed by atoms with E-state index in [0.717, 1.165) is 15.7 Å². The molecule has 0 radical (unpaired) electrons. The van der Waals surface area contributed by atoms with Gasteiger partial charge in [-0.05, 0) is 26.8 Å². The van der Waals surface area contributed by atoms with Crippen molar-refractivity contribution in [2.24, 2.45) is 5.73 Å². The number of hydrogen-bond donors (Lipinski definition) is 1. The molecule has 2 unspecified atom stereocenters. The Morgan fingerprint density at radius 2 is 1.95 bits per heavy atom. The second-order valence-corrected chi connectivity index (χ2v) is 6.05. The molecular weight excluding hydrogens is 273 g/mol. The summed E-state index contributed by atoms with van der Waals surface area (Å²) in [7, 11) is 1.93. The monoisotopic (exact) mass is 293 g/mol. The second-order valence-electron chi connectivity index (χ2n) is 5.04. The largest absolute Gasteiger partial charge is 0.344 e. The van der Waals surface area contributed by atoms with Crippen LogP contribution in [-0.4, -0.2) is 12.0 Å². The minimum Gasteiger partial charge on any atom is -0.344 e. The highest BCUT2D eigenvalue weighted by atomic mass is 32.1. The van der Waals surface area contributed by atoms with E-state index in [1.54, 1.807) is 17.4 Å². The number of nitrogens with two attached hydrogens (primary N) is 1. The summed E-state index contributed by atoms with van der Waals surface area (Å²) >= 11 is 1.57. The van der Waals surface area contributed by atoms with E-state index in [1.807, 2.05) is 44.9 Å². The Morgan fingerprint density at radius 3 is 2.50 bits per heavy atom. The lowest BCUT2D eigenvalue weighted by atomic mass is 10.1. The zero-order valence-electron chi connectivity index (χ0n) is 12.2. The highest BCUT2D eigenvalue weighted by Gasteiger charge is 2.20. The quantitative estimate of drug-likeness (QED) is 0.932. The van der Waals surface area contributed by atoms with Gasteiger partial charge in [0.15, 0.2) is 5.13 Å². The third-order valence-electron chi connectivity index (χ3n) is 3.47. The standard InChI is InChI=1S/C15H20FN3S/c1-9(17)14-10(2)18-15(20-14)19(4)11(3)12-7-5-6-8-13(12)16/h5-9,11H,17H2,1-4H3. The molecule has 0 aliphatic carbocycles. The molecule has 108 valence electrons. The number of aromatic nitrogens is 1. The fourth-order valence-corrected chi connectivity index (χ4v) is 3.22. The van der Waals surface area contributed by atoms with Crippen molar-refractivity contribution < 1.29 is 4.39 Å². The summed E-state index contributed by atoms with van der Waals surface area (Å²) in [6.45, 7) is 5.88. The number of hydrogen-bond acceptors (Lipinski definition) is 4. The fraction of sp³-hybridized carbons (Fsp3) is 0.400. The third-order valence-corrected chi connectivity index (χ3v) is 4.92. The topological polar surface area (TPSA) is 42.2 Å². The van der Waals surface area contributed by atoms with Crippen LogP contribution in [0.3, 0.4) is 0 Å². The van der Waals surface area contributed by atoms with Crippen LogP contribution >= 0.6 is 11.3 Å². The van der Waals surface area contributed by atoms with Gasteiger partial charge >= 0.3 is 0 Å². The Bertz CT molecular complexity index is 595. The number of nitrogens with zero attached hydrogens (tertiary/aromatic N) is 2. The molecule has 0 fully saturated rings. The number of anilines is 1. The molecule has 0 bridgehead atoms. The Labute approximate surface area is 123 Å². The molecule has 0 spiro atoms. The SMILES string of the molecule is Cc1nc(N(C)C(C)c2ccccc2F)sc1C(C)N. The summed E-state index contributed by atoms with van der Waals surface area (Å²) in [4.78, 5) is 7.61. The number of aryl methyl sites for hydroxylation is 1. The summed E-state index contributed by atoms with van der Waals surface area (Å²) in [5.41, 5.74) is 7.55. The average Bonchev–Trinajstić information content (AvgIpc) is 2.80. The number of thiazole rings is 1. The van der Waals surface area contributed by atoms with Crippen LogP contribution in [0.5, 0.6) is 0 Å². The number of halogens is 1. The summed E-state index contributed by atoms with van der Waals surface area (Å²) in [6.07, 6.45) is 0. The first kappa shape index (κ1) is 14.9. The highest BCUT2D eigenvalue weighted by molar-refractivity contribution is 7.15. The van der Waals surface area contributed by atoms with Crippen LogP contribution in [0.25, 0.3) is 0 Å². The van der Waals surface area contributed by atoms with Gasteiger partial charge in [0.1, 0.15) is 5.82 Å². The smallest absolute Gasteiger partial charge is 0.186 e.